The Kier molecular flexibility index (Phi) is 4.50. The Balaban J connectivity index is 3.10. The topological polar surface area (TPSA) is 45.2 Å². The molecule has 0 aromatic carbocycles. The van der Waals surface area contributed by atoms with Crippen molar-refractivity contribution in [1.82, 2.24) is 9.88 Å². The number of hydrogen-bond acceptors (Lipinski definition) is 3. The quantitative estimate of drug-likeness (QED) is 0.916. The summed E-state index contributed by atoms with van der Waals surface area (Å²) in [6, 6.07) is 1.24. The van der Waals surface area contributed by atoms with Gasteiger partial charge < -0.3 is 10.2 Å². The first-order valence-corrected chi connectivity index (χ1v) is 6.29. The number of rotatable bonds is 3. The first-order valence-electron chi connectivity index (χ1n) is 6.29. The molecular weight excluding hydrogens is 245 g/mol. The molecule has 0 saturated carbocycles. The van der Waals surface area contributed by atoms with Gasteiger partial charge in [-0.05, 0) is 18.4 Å². The molecule has 0 saturated heterocycles. The van der Waals surface area contributed by atoms with E-state index in [4.69, 9.17) is 0 Å². The molecule has 19 heavy (non-hydrogen) atoms. The highest BCUT2D eigenvalue weighted by atomic mass is 19.1. The normalized spacial score (nSPS) is 13.0. The first kappa shape index (κ1) is 15.4. The minimum Gasteiger partial charge on any atom is -0.372 e. The molecule has 1 N–H and O–H groups in total. The van der Waals surface area contributed by atoms with Crippen LogP contribution in [0.15, 0.2) is 12.3 Å². The number of anilines is 1. The van der Waals surface area contributed by atoms with Crippen LogP contribution in [0.1, 0.15) is 38.1 Å². The van der Waals surface area contributed by atoms with Gasteiger partial charge in [0.1, 0.15) is 11.6 Å². The van der Waals surface area contributed by atoms with Gasteiger partial charge in [-0.15, -0.1) is 0 Å². The molecule has 1 heterocycles. The van der Waals surface area contributed by atoms with E-state index in [0.29, 0.717) is 5.82 Å². The third-order valence-electron chi connectivity index (χ3n) is 3.48. The van der Waals surface area contributed by atoms with Crippen molar-refractivity contribution in [1.29, 1.82) is 0 Å². The molecule has 1 atom stereocenters. The van der Waals surface area contributed by atoms with Crippen LogP contribution in [0.25, 0.3) is 0 Å². The van der Waals surface area contributed by atoms with Crippen LogP contribution in [0.3, 0.4) is 0 Å². The minimum absolute atomic E-state index is 0.0213. The average molecular weight is 267 g/mol. The summed E-state index contributed by atoms with van der Waals surface area (Å²) in [5.74, 6) is -0.364. The van der Waals surface area contributed by atoms with Gasteiger partial charge in [0.05, 0.1) is 11.8 Å². The van der Waals surface area contributed by atoms with E-state index in [1.54, 1.807) is 19.0 Å². The first-order chi connectivity index (χ1) is 8.68. The summed E-state index contributed by atoms with van der Waals surface area (Å²) >= 11 is 0. The number of pyridine rings is 1. The zero-order chi connectivity index (χ0) is 14.8. The van der Waals surface area contributed by atoms with Crippen molar-refractivity contribution in [3.05, 3.63) is 23.6 Å². The van der Waals surface area contributed by atoms with Gasteiger partial charge in [0, 0.05) is 20.1 Å². The lowest BCUT2D eigenvalue weighted by atomic mass is 9.87. The molecule has 0 radical (unpaired) electrons. The second kappa shape index (κ2) is 5.55. The van der Waals surface area contributed by atoms with E-state index in [1.807, 2.05) is 6.92 Å². The summed E-state index contributed by atoms with van der Waals surface area (Å²) in [5, 5.41) is 2.81. The monoisotopic (exact) mass is 267 g/mol. The van der Waals surface area contributed by atoms with Crippen LogP contribution in [-0.2, 0) is 0 Å². The summed E-state index contributed by atoms with van der Waals surface area (Å²) in [6.45, 7) is 8.16. The zero-order valence-corrected chi connectivity index (χ0v) is 12.4. The Morgan fingerprint density at radius 1 is 1.47 bits per heavy atom. The molecule has 0 fully saturated rings. The molecule has 1 aromatic rings. The molecule has 0 bridgehead atoms. The van der Waals surface area contributed by atoms with Gasteiger partial charge in [-0.25, -0.2) is 9.37 Å². The fourth-order valence-corrected chi connectivity index (χ4v) is 1.75. The average Bonchev–Trinajstić information content (AvgIpc) is 2.34. The maximum absolute atomic E-state index is 13.3. The van der Waals surface area contributed by atoms with E-state index < -0.39 is 5.82 Å². The molecule has 0 aliphatic carbocycles. The van der Waals surface area contributed by atoms with Crippen molar-refractivity contribution in [2.45, 2.75) is 33.7 Å². The predicted molar refractivity (Wildman–Crippen MR) is 74.8 cm³/mol. The molecule has 0 aliphatic rings. The van der Waals surface area contributed by atoms with Crippen LogP contribution in [0.5, 0.6) is 0 Å². The van der Waals surface area contributed by atoms with E-state index in [9.17, 15) is 9.18 Å². The molecule has 1 aromatic heterocycles. The fraction of sp³-hybridized carbons (Fsp3) is 0.571. The molecule has 1 amide bonds. The van der Waals surface area contributed by atoms with E-state index in [-0.39, 0.29) is 22.9 Å². The molecular formula is C14H22FN3O. The molecule has 0 aliphatic heterocycles. The maximum atomic E-state index is 13.3. The van der Waals surface area contributed by atoms with E-state index in [0.717, 1.165) is 6.20 Å². The van der Waals surface area contributed by atoms with Crippen molar-refractivity contribution in [3.63, 3.8) is 0 Å². The highest BCUT2D eigenvalue weighted by Crippen LogP contribution is 2.25. The standard InChI is InChI=1S/C14H22FN3O/c1-9(14(2,3)4)18(6)13(19)11-7-10(15)8-17-12(11)16-5/h7-9H,1-6H3,(H,16,17). The van der Waals surface area contributed by atoms with Gasteiger partial charge >= 0.3 is 0 Å². The maximum Gasteiger partial charge on any atom is 0.257 e. The van der Waals surface area contributed by atoms with Crippen LogP contribution >= 0.6 is 0 Å². The minimum atomic E-state index is -0.515. The highest BCUT2D eigenvalue weighted by molar-refractivity contribution is 5.98. The highest BCUT2D eigenvalue weighted by Gasteiger charge is 2.29. The lowest BCUT2D eigenvalue weighted by molar-refractivity contribution is 0.0629. The molecule has 5 heteroatoms. The molecule has 0 spiro atoms. The SMILES string of the molecule is CNc1ncc(F)cc1C(=O)N(C)C(C)C(C)(C)C. The smallest absolute Gasteiger partial charge is 0.257 e. The Labute approximate surface area is 114 Å². The fourth-order valence-electron chi connectivity index (χ4n) is 1.75. The van der Waals surface area contributed by atoms with Gasteiger partial charge in [0.25, 0.3) is 5.91 Å². The van der Waals surface area contributed by atoms with Crippen LogP contribution in [0, 0.1) is 11.2 Å². The van der Waals surface area contributed by atoms with Crippen LogP contribution in [0.4, 0.5) is 10.2 Å². The summed E-state index contributed by atoms with van der Waals surface area (Å²) in [7, 11) is 3.38. The predicted octanol–water partition coefficient (Wildman–Crippen LogP) is 2.77. The summed E-state index contributed by atoms with van der Waals surface area (Å²) in [5.41, 5.74) is 0.200. The van der Waals surface area contributed by atoms with E-state index in [1.165, 1.54) is 6.07 Å². The summed E-state index contributed by atoms with van der Waals surface area (Å²) in [4.78, 5) is 18.0. The van der Waals surface area contributed by atoms with Gasteiger partial charge in [-0.3, -0.25) is 4.79 Å². The lowest BCUT2D eigenvalue weighted by Gasteiger charge is -2.35. The molecule has 1 unspecified atom stereocenters. The molecule has 1 rings (SSSR count). The Morgan fingerprint density at radius 2 is 2.05 bits per heavy atom. The van der Waals surface area contributed by atoms with Gasteiger partial charge in [0.15, 0.2) is 0 Å². The third kappa shape index (κ3) is 3.43. The number of halogens is 1. The van der Waals surface area contributed by atoms with Crippen molar-refractivity contribution in [2.24, 2.45) is 5.41 Å². The number of nitrogens with one attached hydrogen (secondary N) is 1. The summed E-state index contributed by atoms with van der Waals surface area (Å²) < 4.78 is 13.3. The number of amides is 1. The zero-order valence-electron chi connectivity index (χ0n) is 12.4. The lowest BCUT2D eigenvalue weighted by Crippen LogP contribution is -2.43. The molecule has 4 nitrogen and oxygen atoms in total. The second-order valence-corrected chi connectivity index (χ2v) is 5.76. The summed E-state index contributed by atoms with van der Waals surface area (Å²) in [6.07, 6.45) is 1.09. The molecule has 106 valence electrons. The Hall–Kier alpha value is -1.65. The van der Waals surface area contributed by atoms with Crippen molar-refractivity contribution in [3.8, 4) is 0 Å². The number of nitrogens with zero attached hydrogens (tertiary/aromatic N) is 2. The second-order valence-electron chi connectivity index (χ2n) is 5.76. The van der Waals surface area contributed by atoms with Gasteiger partial charge in [-0.1, -0.05) is 20.8 Å². The van der Waals surface area contributed by atoms with Crippen molar-refractivity contribution >= 4 is 11.7 Å². The third-order valence-corrected chi connectivity index (χ3v) is 3.48. The Morgan fingerprint density at radius 3 is 2.53 bits per heavy atom. The van der Waals surface area contributed by atoms with Crippen LogP contribution in [-0.4, -0.2) is 35.9 Å². The van der Waals surface area contributed by atoms with Crippen LogP contribution < -0.4 is 5.32 Å². The number of carbonyl (C=O) groups excluding carboxylic acids is 1. The Bertz CT molecular complexity index is 468. The van der Waals surface area contributed by atoms with Gasteiger partial charge in [-0.2, -0.15) is 0 Å². The number of aromatic nitrogens is 1. The van der Waals surface area contributed by atoms with Crippen molar-refractivity contribution < 1.29 is 9.18 Å². The largest absolute Gasteiger partial charge is 0.372 e. The van der Waals surface area contributed by atoms with Crippen molar-refractivity contribution in [2.75, 3.05) is 19.4 Å². The van der Waals surface area contributed by atoms with E-state index >= 15 is 0 Å². The van der Waals surface area contributed by atoms with Crippen LogP contribution in [0.2, 0.25) is 0 Å². The van der Waals surface area contributed by atoms with Gasteiger partial charge in [0.2, 0.25) is 0 Å². The van der Waals surface area contributed by atoms with E-state index in [2.05, 4.69) is 31.1 Å². The number of hydrogen-bond donors (Lipinski definition) is 1. The number of carbonyl (C=O) groups is 1.